The maximum Gasteiger partial charge on any atom is 0.236 e. The molecule has 0 saturated heterocycles. The molecular weight excluding hydrogens is 280 g/mol. The van der Waals surface area contributed by atoms with Gasteiger partial charge < -0.3 is 4.90 Å². The van der Waals surface area contributed by atoms with Crippen LogP contribution in [0.15, 0.2) is 54.6 Å². The zero-order valence-electron chi connectivity index (χ0n) is 11.8. The molecule has 2 rings (SSSR count). The maximum absolute atomic E-state index is 12.1. The molecule has 0 aliphatic heterocycles. The van der Waals surface area contributed by atoms with Gasteiger partial charge >= 0.3 is 0 Å². The minimum atomic E-state index is 0.0561. The maximum atomic E-state index is 12.1. The Bertz CT molecular complexity index is 649. The molecule has 0 N–H and O–H groups in total. The van der Waals surface area contributed by atoms with Crippen LogP contribution in [0.1, 0.15) is 11.1 Å². The van der Waals surface area contributed by atoms with Crippen molar-refractivity contribution < 1.29 is 4.79 Å². The number of hydrogen-bond donors (Lipinski definition) is 0. The predicted molar refractivity (Wildman–Crippen MR) is 87.2 cm³/mol. The van der Waals surface area contributed by atoms with Crippen molar-refractivity contribution in [2.24, 2.45) is 0 Å². The van der Waals surface area contributed by atoms with E-state index in [-0.39, 0.29) is 5.91 Å². The summed E-state index contributed by atoms with van der Waals surface area (Å²) >= 11 is 1.52. The molecule has 2 aromatic rings. The quantitative estimate of drug-likeness (QED) is 0.848. The first-order valence-corrected chi connectivity index (χ1v) is 7.75. The van der Waals surface area contributed by atoms with Crippen LogP contribution in [-0.4, -0.2) is 18.7 Å². The summed E-state index contributed by atoms with van der Waals surface area (Å²) in [7, 11) is 1.78. The molecule has 1 amide bonds. The Morgan fingerprint density at radius 3 is 2.52 bits per heavy atom. The lowest BCUT2D eigenvalue weighted by Crippen LogP contribution is -2.27. The third kappa shape index (κ3) is 4.11. The number of carbonyl (C=O) groups excluding carboxylic acids is 1. The van der Waals surface area contributed by atoms with Gasteiger partial charge in [-0.3, -0.25) is 4.79 Å². The predicted octanol–water partition coefficient (Wildman–Crippen LogP) is 3.45. The second-order valence-corrected chi connectivity index (χ2v) is 5.54. The molecule has 0 bridgehead atoms. The standard InChI is InChI=1S/C17H16N2OS/c1-19(16-9-3-2-4-10-16)17(20)13-21-12-15-8-6-5-7-14(15)11-18/h2-10H,12-13H2,1H3. The van der Waals surface area contributed by atoms with E-state index in [0.29, 0.717) is 17.1 Å². The van der Waals surface area contributed by atoms with E-state index in [0.717, 1.165) is 11.3 Å². The van der Waals surface area contributed by atoms with Crippen LogP contribution in [0.25, 0.3) is 0 Å². The van der Waals surface area contributed by atoms with Crippen molar-refractivity contribution in [3.05, 3.63) is 65.7 Å². The number of anilines is 1. The van der Waals surface area contributed by atoms with Gasteiger partial charge in [0.05, 0.1) is 17.4 Å². The van der Waals surface area contributed by atoms with Crippen LogP contribution in [0.5, 0.6) is 0 Å². The summed E-state index contributed by atoms with van der Waals surface area (Å²) in [5.74, 6) is 1.11. The lowest BCUT2D eigenvalue weighted by molar-refractivity contribution is -0.115. The van der Waals surface area contributed by atoms with Crippen molar-refractivity contribution >= 4 is 23.4 Å². The SMILES string of the molecule is CN(C(=O)CSCc1ccccc1C#N)c1ccccc1. The van der Waals surface area contributed by atoms with Crippen molar-refractivity contribution in [1.29, 1.82) is 5.26 Å². The summed E-state index contributed by atoms with van der Waals surface area (Å²) in [6.45, 7) is 0. The van der Waals surface area contributed by atoms with Gasteiger partial charge in [0.15, 0.2) is 0 Å². The molecule has 4 heteroatoms. The highest BCUT2D eigenvalue weighted by Gasteiger charge is 2.11. The molecule has 0 saturated carbocycles. The van der Waals surface area contributed by atoms with Crippen LogP contribution in [0, 0.1) is 11.3 Å². The van der Waals surface area contributed by atoms with Gasteiger partial charge in [-0.25, -0.2) is 0 Å². The Morgan fingerprint density at radius 2 is 1.81 bits per heavy atom. The molecule has 0 atom stereocenters. The fourth-order valence-electron chi connectivity index (χ4n) is 1.90. The van der Waals surface area contributed by atoms with Crippen LogP contribution in [0.2, 0.25) is 0 Å². The van der Waals surface area contributed by atoms with Gasteiger partial charge in [-0.05, 0) is 23.8 Å². The molecule has 0 aliphatic rings. The van der Waals surface area contributed by atoms with Crippen LogP contribution in [-0.2, 0) is 10.5 Å². The smallest absolute Gasteiger partial charge is 0.236 e. The average Bonchev–Trinajstić information content (AvgIpc) is 2.55. The lowest BCUT2D eigenvalue weighted by Gasteiger charge is -2.17. The number of benzene rings is 2. The van der Waals surface area contributed by atoms with Crippen molar-refractivity contribution in [2.45, 2.75) is 5.75 Å². The normalized spacial score (nSPS) is 9.90. The molecule has 0 aromatic heterocycles. The Morgan fingerprint density at radius 1 is 1.14 bits per heavy atom. The molecule has 106 valence electrons. The van der Waals surface area contributed by atoms with Crippen LogP contribution < -0.4 is 4.90 Å². The van der Waals surface area contributed by atoms with Crippen molar-refractivity contribution in [3.63, 3.8) is 0 Å². The Kier molecular flexibility index (Phi) is 5.42. The summed E-state index contributed by atoms with van der Waals surface area (Å²) in [6.07, 6.45) is 0. The van der Waals surface area contributed by atoms with Crippen LogP contribution in [0.3, 0.4) is 0 Å². The molecule has 21 heavy (non-hydrogen) atoms. The summed E-state index contributed by atoms with van der Waals surface area (Å²) in [5.41, 5.74) is 2.54. The molecule has 0 aliphatic carbocycles. The number of hydrogen-bond acceptors (Lipinski definition) is 3. The zero-order chi connectivity index (χ0) is 15.1. The summed E-state index contributed by atoms with van der Waals surface area (Å²) in [4.78, 5) is 13.8. The fraction of sp³-hybridized carbons (Fsp3) is 0.176. The number of rotatable bonds is 5. The number of carbonyl (C=O) groups is 1. The van der Waals surface area contributed by atoms with E-state index < -0.39 is 0 Å². The van der Waals surface area contributed by atoms with Crippen LogP contribution in [0.4, 0.5) is 5.69 Å². The van der Waals surface area contributed by atoms with Gasteiger partial charge in [-0.15, -0.1) is 11.8 Å². The second-order valence-electron chi connectivity index (χ2n) is 4.55. The van der Waals surface area contributed by atoms with Crippen LogP contribution >= 0.6 is 11.8 Å². The number of nitriles is 1. The number of nitrogens with zero attached hydrogens (tertiary/aromatic N) is 2. The molecule has 0 unspecified atom stereocenters. The highest BCUT2D eigenvalue weighted by atomic mass is 32.2. The van der Waals surface area contributed by atoms with Crippen molar-refractivity contribution in [3.8, 4) is 6.07 Å². The molecule has 0 spiro atoms. The third-order valence-electron chi connectivity index (χ3n) is 3.14. The molecule has 2 aromatic carbocycles. The Hall–Kier alpha value is -2.25. The second kappa shape index (κ2) is 7.51. The number of para-hydroxylation sites is 1. The van der Waals surface area contributed by atoms with Crippen molar-refractivity contribution in [1.82, 2.24) is 0 Å². The highest BCUT2D eigenvalue weighted by Crippen LogP contribution is 2.18. The van der Waals surface area contributed by atoms with E-state index in [1.807, 2.05) is 48.5 Å². The lowest BCUT2D eigenvalue weighted by atomic mass is 10.1. The molecule has 0 radical (unpaired) electrons. The summed E-state index contributed by atoms with van der Waals surface area (Å²) in [5, 5.41) is 9.03. The van der Waals surface area contributed by atoms with Gasteiger partial charge in [-0.1, -0.05) is 36.4 Å². The van der Waals surface area contributed by atoms with Gasteiger partial charge in [0.1, 0.15) is 0 Å². The van der Waals surface area contributed by atoms with Gasteiger partial charge in [0.2, 0.25) is 5.91 Å². The summed E-state index contributed by atoms with van der Waals surface area (Å²) < 4.78 is 0. The first kappa shape index (κ1) is 15.1. The largest absolute Gasteiger partial charge is 0.315 e. The number of thioether (sulfide) groups is 1. The van der Waals surface area contributed by atoms with E-state index in [1.54, 1.807) is 18.0 Å². The fourth-order valence-corrected chi connectivity index (χ4v) is 2.84. The van der Waals surface area contributed by atoms with E-state index in [2.05, 4.69) is 6.07 Å². The van der Waals surface area contributed by atoms with E-state index >= 15 is 0 Å². The minimum Gasteiger partial charge on any atom is -0.315 e. The monoisotopic (exact) mass is 296 g/mol. The molecular formula is C17H16N2OS. The van der Waals surface area contributed by atoms with Gasteiger partial charge in [0, 0.05) is 18.5 Å². The van der Waals surface area contributed by atoms with Crippen molar-refractivity contribution in [2.75, 3.05) is 17.7 Å². The highest BCUT2D eigenvalue weighted by molar-refractivity contribution is 7.99. The average molecular weight is 296 g/mol. The zero-order valence-corrected chi connectivity index (χ0v) is 12.6. The van der Waals surface area contributed by atoms with E-state index in [1.165, 1.54) is 11.8 Å². The third-order valence-corrected chi connectivity index (χ3v) is 4.10. The molecule has 0 heterocycles. The van der Waals surface area contributed by atoms with Gasteiger partial charge in [-0.2, -0.15) is 5.26 Å². The number of amides is 1. The minimum absolute atomic E-state index is 0.0561. The molecule has 3 nitrogen and oxygen atoms in total. The summed E-state index contributed by atoms with van der Waals surface area (Å²) in [6, 6.07) is 19.2. The Labute approximate surface area is 129 Å². The van der Waals surface area contributed by atoms with E-state index in [4.69, 9.17) is 5.26 Å². The first-order valence-electron chi connectivity index (χ1n) is 6.59. The van der Waals surface area contributed by atoms with E-state index in [9.17, 15) is 4.79 Å². The first-order chi connectivity index (χ1) is 10.2. The topological polar surface area (TPSA) is 44.1 Å². The molecule has 0 fully saturated rings. The Balaban J connectivity index is 1.89. The van der Waals surface area contributed by atoms with Gasteiger partial charge in [0.25, 0.3) is 0 Å².